The van der Waals surface area contributed by atoms with Gasteiger partial charge in [0.05, 0.1) is 6.61 Å². The molecule has 3 heteroatoms. The van der Waals surface area contributed by atoms with Gasteiger partial charge in [-0.25, -0.2) is 0 Å². The molecule has 2 atom stereocenters. The van der Waals surface area contributed by atoms with Crippen molar-refractivity contribution in [1.82, 2.24) is 4.90 Å². The molecule has 2 N–H and O–H groups in total. The Hall–Kier alpha value is -0.120. The largest absolute Gasteiger partial charge is 0.380 e. The first-order valence-corrected chi connectivity index (χ1v) is 7.54. The highest BCUT2D eigenvalue weighted by molar-refractivity contribution is 4.88. The molecule has 108 valence electrons. The second-order valence-electron chi connectivity index (χ2n) is 6.42. The fourth-order valence-electron chi connectivity index (χ4n) is 3.00. The lowest BCUT2D eigenvalue weighted by atomic mass is 9.70. The van der Waals surface area contributed by atoms with Crippen LogP contribution in [0, 0.1) is 11.3 Å². The van der Waals surface area contributed by atoms with Gasteiger partial charge in [0.15, 0.2) is 0 Å². The maximum Gasteiger partial charge on any atom is 0.0593 e. The summed E-state index contributed by atoms with van der Waals surface area (Å²) < 4.78 is 5.45. The molecular formula is C15H32N2O. The number of nitrogens with zero attached hydrogens (tertiary/aromatic N) is 1. The topological polar surface area (TPSA) is 38.5 Å². The Kier molecular flexibility index (Phi) is 6.61. The average molecular weight is 256 g/mol. The Balaban J connectivity index is 2.41. The van der Waals surface area contributed by atoms with Crippen molar-refractivity contribution in [2.75, 3.05) is 32.8 Å². The van der Waals surface area contributed by atoms with Crippen LogP contribution in [0.4, 0.5) is 0 Å². The lowest BCUT2D eigenvalue weighted by Crippen LogP contribution is -2.45. The zero-order valence-electron chi connectivity index (χ0n) is 12.7. The fourth-order valence-corrected chi connectivity index (χ4v) is 3.00. The van der Waals surface area contributed by atoms with E-state index in [4.69, 9.17) is 10.5 Å². The van der Waals surface area contributed by atoms with E-state index in [-0.39, 0.29) is 0 Å². The van der Waals surface area contributed by atoms with Gasteiger partial charge in [-0.2, -0.15) is 0 Å². The van der Waals surface area contributed by atoms with Gasteiger partial charge in [0.25, 0.3) is 0 Å². The highest BCUT2D eigenvalue weighted by Crippen LogP contribution is 2.38. The Morgan fingerprint density at radius 1 is 1.33 bits per heavy atom. The minimum absolute atomic E-state index is 0.388. The number of hydrogen-bond donors (Lipinski definition) is 1. The molecule has 0 radical (unpaired) electrons. The van der Waals surface area contributed by atoms with Gasteiger partial charge in [-0.3, -0.25) is 0 Å². The molecule has 0 saturated heterocycles. The third-order valence-electron chi connectivity index (χ3n) is 4.27. The highest BCUT2D eigenvalue weighted by Gasteiger charge is 2.33. The van der Waals surface area contributed by atoms with E-state index < -0.39 is 0 Å². The van der Waals surface area contributed by atoms with Crippen molar-refractivity contribution >= 4 is 0 Å². The van der Waals surface area contributed by atoms with Crippen LogP contribution in [-0.4, -0.2) is 43.8 Å². The van der Waals surface area contributed by atoms with E-state index in [1.165, 1.54) is 19.3 Å². The predicted molar refractivity (Wildman–Crippen MR) is 77.7 cm³/mol. The Labute approximate surface area is 113 Å². The maximum absolute atomic E-state index is 6.30. The molecule has 1 rings (SSSR count). The molecule has 0 aliphatic heterocycles. The van der Waals surface area contributed by atoms with Gasteiger partial charge in [0.2, 0.25) is 0 Å². The fraction of sp³-hybridized carbons (Fsp3) is 1.00. The lowest BCUT2D eigenvalue weighted by Gasteiger charge is -2.41. The molecule has 0 amide bonds. The number of ether oxygens (including phenoxy) is 1. The van der Waals surface area contributed by atoms with Crippen molar-refractivity contribution in [3.63, 3.8) is 0 Å². The van der Waals surface area contributed by atoms with E-state index in [1.807, 2.05) is 0 Å². The van der Waals surface area contributed by atoms with Crippen molar-refractivity contribution in [1.29, 1.82) is 0 Å². The first-order valence-electron chi connectivity index (χ1n) is 7.54. The first-order chi connectivity index (χ1) is 8.48. The standard InChI is InChI=1S/C15H32N2O/c1-5-17(9-10-18-6-2)12-13-11-15(3,4)8-7-14(13)16/h13-14H,5-12,16H2,1-4H3. The summed E-state index contributed by atoms with van der Waals surface area (Å²) >= 11 is 0. The quantitative estimate of drug-likeness (QED) is 0.711. The van der Waals surface area contributed by atoms with Gasteiger partial charge in [-0.1, -0.05) is 20.8 Å². The van der Waals surface area contributed by atoms with Crippen LogP contribution in [0.15, 0.2) is 0 Å². The molecule has 2 unspecified atom stereocenters. The van der Waals surface area contributed by atoms with Crippen molar-refractivity contribution < 1.29 is 4.74 Å². The van der Waals surface area contributed by atoms with E-state index in [0.29, 0.717) is 17.4 Å². The van der Waals surface area contributed by atoms with Crippen molar-refractivity contribution in [3.8, 4) is 0 Å². The van der Waals surface area contributed by atoms with Crippen LogP contribution in [0.5, 0.6) is 0 Å². The molecule has 3 nitrogen and oxygen atoms in total. The van der Waals surface area contributed by atoms with E-state index in [9.17, 15) is 0 Å². The minimum Gasteiger partial charge on any atom is -0.380 e. The molecular weight excluding hydrogens is 224 g/mol. The van der Waals surface area contributed by atoms with Crippen molar-refractivity contribution in [2.24, 2.45) is 17.1 Å². The Bertz CT molecular complexity index is 231. The maximum atomic E-state index is 6.30. The second kappa shape index (κ2) is 7.46. The Morgan fingerprint density at radius 3 is 2.67 bits per heavy atom. The van der Waals surface area contributed by atoms with Gasteiger partial charge in [0.1, 0.15) is 0 Å². The van der Waals surface area contributed by atoms with Gasteiger partial charge in [0, 0.05) is 25.7 Å². The normalized spacial score (nSPS) is 27.7. The van der Waals surface area contributed by atoms with Crippen LogP contribution < -0.4 is 5.73 Å². The molecule has 1 fully saturated rings. The zero-order valence-corrected chi connectivity index (χ0v) is 12.7. The monoisotopic (exact) mass is 256 g/mol. The molecule has 1 saturated carbocycles. The number of hydrogen-bond acceptors (Lipinski definition) is 3. The Morgan fingerprint density at radius 2 is 2.06 bits per heavy atom. The molecule has 0 bridgehead atoms. The van der Waals surface area contributed by atoms with Crippen LogP contribution in [0.1, 0.15) is 47.0 Å². The highest BCUT2D eigenvalue weighted by atomic mass is 16.5. The lowest BCUT2D eigenvalue weighted by molar-refractivity contribution is 0.0836. The van der Waals surface area contributed by atoms with Crippen LogP contribution in [0.2, 0.25) is 0 Å². The summed E-state index contributed by atoms with van der Waals surface area (Å²) in [5, 5.41) is 0. The molecule has 0 heterocycles. The first kappa shape index (κ1) is 15.9. The summed E-state index contributed by atoms with van der Waals surface area (Å²) in [5.74, 6) is 0.648. The van der Waals surface area contributed by atoms with Crippen molar-refractivity contribution in [3.05, 3.63) is 0 Å². The second-order valence-corrected chi connectivity index (χ2v) is 6.42. The molecule has 0 aromatic rings. The molecule has 1 aliphatic rings. The zero-order chi connectivity index (χ0) is 13.6. The summed E-state index contributed by atoms with van der Waals surface area (Å²) in [6.45, 7) is 14.0. The number of rotatable bonds is 7. The third-order valence-corrected chi connectivity index (χ3v) is 4.27. The molecule has 0 aromatic carbocycles. The van der Waals surface area contributed by atoms with Crippen LogP contribution >= 0.6 is 0 Å². The van der Waals surface area contributed by atoms with Gasteiger partial charge >= 0.3 is 0 Å². The van der Waals surface area contributed by atoms with Crippen LogP contribution in [0.3, 0.4) is 0 Å². The van der Waals surface area contributed by atoms with E-state index in [0.717, 1.165) is 32.8 Å². The van der Waals surface area contributed by atoms with Gasteiger partial charge in [-0.15, -0.1) is 0 Å². The van der Waals surface area contributed by atoms with Gasteiger partial charge in [-0.05, 0) is 44.1 Å². The molecule has 0 aromatic heterocycles. The van der Waals surface area contributed by atoms with Crippen LogP contribution in [-0.2, 0) is 4.74 Å². The third kappa shape index (κ3) is 5.25. The number of likely N-dealkylation sites (N-methyl/N-ethyl adjacent to an activating group) is 1. The van der Waals surface area contributed by atoms with Gasteiger partial charge < -0.3 is 15.4 Å². The summed E-state index contributed by atoms with van der Waals surface area (Å²) in [6.07, 6.45) is 3.72. The summed E-state index contributed by atoms with van der Waals surface area (Å²) in [5.41, 5.74) is 6.77. The van der Waals surface area contributed by atoms with Crippen LogP contribution in [0.25, 0.3) is 0 Å². The SMILES string of the molecule is CCOCCN(CC)CC1CC(C)(C)CCC1N. The summed E-state index contributed by atoms with van der Waals surface area (Å²) in [4.78, 5) is 2.49. The summed E-state index contributed by atoms with van der Waals surface area (Å²) in [6, 6.07) is 0.388. The number of nitrogens with two attached hydrogens (primary N) is 1. The minimum atomic E-state index is 0.388. The summed E-state index contributed by atoms with van der Waals surface area (Å²) in [7, 11) is 0. The molecule has 1 aliphatic carbocycles. The van der Waals surface area contributed by atoms with E-state index in [2.05, 4.69) is 32.6 Å². The van der Waals surface area contributed by atoms with E-state index >= 15 is 0 Å². The van der Waals surface area contributed by atoms with E-state index in [1.54, 1.807) is 0 Å². The predicted octanol–water partition coefficient (Wildman–Crippen LogP) is 2.50. The molecule has 0 spiro atoms. The average Bonchev–Trinajstić information content (AvgIpc) is 2.32. The van der Waals surface area contributed by atoms with Crippen molar-refractivity contribution in [2.45, 2.75) is 53.0 Å². The molecule has 18 heavy (non-hydrogen) atoms. The smallest absolute Gasteiger partial charge is 0.0593 e.